The summed E-state index contributed by atoms with van der Waals surface area (Å²) < 4.78 is 14.8. The number of hydrogen-bond acceptors (Lipinski definition) is 6. The standard InChI is InChI=1S/C15H10FN5O3S/c16-11-3-1-2-10(7-11)14-18-19-15(25)20(14)17-8-9-4-5-13(22)12(6-9)21(23)24/h1-8,22H,(H,19,25)/b17-8-. The first-order chi connectivity index (χ1) is 12.0. The Hall–Kier alpha value is -3.40. The van der Waals surface area contributed by atoms with Gasteiger partial charge >= 0.3 is 5.69 Å². The number of nitrogens with one attached hydrogen (secondary N) is 1. The van der Waals surface area contributed by atoms with Crippen molar-refractivity contribution in [3.8, 4) is 17.1 Å². The molecule has 1 aromatic heterocycles. The lowest BCUT2D eigenvalue weighted by Gasteiger charge is -2.01. The lowest BCUT2D eigenvalue weighted by molar-refractivity contribution is -0.385. The number of benzene rings is 2. The number of H-pyrrole nitrogens is 1. The third-order valence-corrected chi connectivity index (χ3v) is 3.52. The maximum atomic E-state index is 13.4. The second kappa shape index (κ2) is 6.61. The molecule has 0 saturated carbocycles. The molecule has 0 unspecified atom stereocenters. The van der Waals surface area contributed by atoms with Crippen LogP contribution in [-0.2, 0) is 0 Å². The average Bonchev–Trinajstić information content (AvgIpc) is 2.94. The highest BCUT2D eigenvalue weighted by molar-refractivity contribution is 7.71. The smallest absolute Gasteiger partial charge is 0.311 e. The summed E-state index contributed by atoms with van der Waals surface area (Å²) in [7, 11) is 0. The van der Waals surface area contributed by atoms with Crippen LogP contribution in [0, 0.1) is 20.7 Å². The van der Waals surface area contributed by atoms with E-state index in [1.807, 2.05) is 0 Å². The Morgan fingerprint density at radius 3 is 2.88 bits per heavy atom. The van der Waals surface area contributed by atoms with Gasteiger partial charge in [-0.2, -0.15) is 14.9 Å². The summed E-state index contributed by atoms with van der Waals surface area (Å²) in [6, 6.07) is 9.57. The van der Waals surface area contributed by atoms with E-state index in [1.165, 1.54) is 47.3 Å². The van der Waals surface area contributed by atoms with Crippen LogP contribution in [0.3, 0.4) is 0 Å². The van der Waals surface area contributed by atoms with Crippen molar-refractivity contribution in [1.29, 1.82) is 0 Å². The maximum absolute atomic E-state index is 13.4. The molecule has 2 aromatic carbocycles. The molecule has 0 spiro atoms. The van der Waals surface area contributed by atoms with Crippen LogP contribution < -0.4 is 0 Å². The van der Waals surface area contributed by atoms with Crippen molar-refractivity contribution in [2.24, 2.45) is 5.10 Å². The van der Waals surface area contributed by atoms with Crippen LogP contribution in [0.25, 0.3) is 11.4 Å². The van der Waals surface area contributed by atoms with Crippen LogP contribution in [0.15, 0.2) is 47.6 Å². The van der Waals surface area contributed by atoms with E-state index in [0.717, 1.165) is 0 Å². The number of nitro groups is 1. The molecule has 1 heterocycles. The van der Waals surface area contributed by atoms with Crippen LogP contribution in [0.4, 0.5) is 10.1 Å². The normalized spacial score (nSPS) is 11.1. The first kappa shape index (κ1) is 16.5. The van der Waals surface area contributed by atoms with Crippen molar-refractivity contribution in [3.63, 3.8) is 0 Å². The summed E-state index contributed by atoms with van der Waals surface area (Å²) in [4.78, 5) is 10.2. The number of halogens is 1. The molecule has 0 atom stereocenters. The molecule has 8 nitrogen and oxygen atoms in total. The summed E-state index contributed by atoms with van der Waals surface area (Å²) in [6.07, 6.45) is 1.32. The molecule has 0 radical (unpaired) electrons. The Morgan fingerprint density at radius 1 is 1.36 bits per heavy atom. The number of rotatable bonds is 4. The maximum Gasteiger partial charge on any atom is 0.311 e. The van der Waals surface area contributed by atoms with Gasteiger partial charge in [-0.3, -0.25) is 10.1 Å². The van der Waals surface area contributed by atoms with Crippen molar-refractivity contribution < 1.29 is 14.4 Å². The number of phenols is 1. The van der Waals surface area contributed by atoms with Crippen LogP contribution >= 0.6 is 12.2 Å². The summed E-state index contributed by atoms with van der Waals surface area (Å²) in [6.45, 7) is 0. The van der Waals surface area contributed by atoms with Crippen molar-refractivity contribution >= 4 is 24.1 Å². The zero-order valence-electron chi connectivity index (χ0n) is 12.5. The molecule has 25 heavy (non-hydrogen) atoms. The van der Waals surface area contributed by atoms with Crippen molar-refractivity contribution in [3.05, 3.63) is 68.7 Å². The molecular weight excluding hydrogens is 349 g/mol. The molecule has 0 aliphatic carbocycles. The van der Waals surface area contributed by atoms with E-state index in [-0.39, 0.29) is 10.6 Å². The quantitative estimate of drug-likeness (QED) is 0.322. The van der Waals surface area contributed by atoms with Gasteiger partial charge in [0.05, 0.1) is 11.1 Å². The van der Waals surface area contributed by atoms with Gasteiger partial charge < -0.3 is 5.11 Å². The SMILES string of the molecule is O=[N+]([O-])c1cc(/C=N\n2c(-c3cccc(F)c3)n[nH]c2=S)ccc1O. The fraction of sp³-hybridized carbons (Fsp3) is 0. The lowest BCUT2D eigenvalue weighted by Crippen LogP contribution is -1.96. The molecule has 0 bridgehead atoms. The zero-order valence-corrected chi connectivity index (χ0v) is 13.3. The average molecular weight is 359 g/mol. The van der Waals surface area contributed by atoms with Crippen molar-refractivity contribution in [2.75, 3.05) is 0 Å². The predicted octanol–water partition coefficient (Wildman–Crippen LogP) is 3.24. The van der Waals surface area contributed by atoms with E-state index >= 15 is 0 Å². The second-order valence-electron chi connectivity index (χ2n) is 4.92. The Kier molecular flexibility index (Phi) is 4.35. The first-order valence-electron chi connectivity index (χ1n) is 6.91. The van der Waals surface area contributed by atoms with Gasteiger partial charge in [0.15, 0.2) is 11.6 Å². The van der Waals surface area contributed by atoms with Gasteiger partial charge in [0.25, 0.3) is 0 Å². The molecule has 2 N–H and O–H groups in total. The van der Waals surface area contributed by atoms with E-state index in [9.17, 15) is 19.6 Å². The van der Waals surface area contributed by atoms with Gasteiger partial charge in [0, 0.05) is 17.2 Å². The number of nitrogens with zero attached hydrogens (tertiary/aromatic N) is 4. The van der Waals surface area contributed by atoms with E-state index in [4.69, 9.17) is 12.2 Å². The molecule has 126 valence electrons. The summed E-state index contributed by atoms with van der Waals surface area (Å²) in [5, 5.41) is 31.0. The minimum absolute atomic E-state index is 0.170. The lowest BCUT2D eigenvalue weighted by atomic mass is 10.2. The van der Waals surface area contributed by atoms with Crippen LogP contribution in [-0.4, -0.2) is 31.1 Å². The fourth-order valence-electron chi connectivity index (χ4n) is 2.10. The predicted molar refractivity (Wildman–Crippen MR) is 90.6 cm³/mol. The highest BCUT2D eigenvalue weighted by Crippen LogP contribution is 2.25. The highest BCUT2D eigenvalue weighted by Gasteiger charge is 2.13. The minimum atomic E-state index is -0.700. The Bertz CT molecular complexity index is 1040. The number of aromatic amines is 1. The van der Waals surface area contributed by atoms with E-state index in [0.29, 0.717) is 11.1 Å². The van der Waals surface area contributed by atoms with Gasteiger partial charge in [-0.15, -0.1) is 0 Å². The Labute approximate surface area is 145 Å². The number of aromatic hydroxyl groups is 1. The van der Waals surface area contributed by atoms with E-state index in [2.05, 4.69) is 15.3 Å². The summed E-state index contributed by atoms with van der Waals surface area (Å²) >= 11 is 5.10. The molecule has 10 heteroatoms. The van der Waals surface area contributed by atoms with E-state index in [1.54, 1.807) is 6.07 Å². The molecule has 0 aliphatic rings. The third kappa shape index (κ3) is 3.43. The first-order valence-corrected chi connectivity index (χ1v) is 7.31. The molecule has 3 aromatic rings. The summed E-state index contributed by atoms with van der Waals surface area (Å²) in [5.74, 6) is -0.590. The van der Waals surface area contributed by atoms with Gasteiger partial charge in [-0.25, -0.2) is 9.49 Å². The number of aromatic nitrogens is 3. The molecule has 0 amide bonds. The molecule has 0 aliphatic heterocycles. The van der Waals surface area contributed by atoms with E-state index < -0.39 is 22.2 Å². The van der Waals surface area contributed by atoms with Gasteiger partial charge in [-0.1, -0.05) is 12.1 Å². The molecule has 0 saturated heterocycles. The monoisotopic (exact) mass is 359 g/mol. The van der Waals surface area contributed by atoms with Crippen LogP contribution in [0.2, 0.25) is 0 Å². The Balaban J connectivity index is 2.00. The molecule has 0 fully saturated rings. The van der Waals surface area contributed by atoms with Gasteiger partial charge in [-0.05, 0) is 36.5 Å². The third-order valence-electron chi connectivity index (χ3n) is 3.25. The summed E-state index contributed by atoms with van der Waals surface area (Å²) in [5.41, 5.74) is 0.393. The topological polar surface area (TPSA) is 109 Å². The minimum Gasteiger partial charge on any atom is -0.502 e. The number of phenolic OH excluding ortho intramolecular Hbond substituents is 1. The zero-order chi connectivity index (χ0) is 18.0. The van der Waals surface area contributed by atoms with Crippen molar-refractivity contribution in [1.82, 2.24) is 14.9 Å². The Morgan fingerprint density at radius 2 is 2.16 bits per heavy atom. The number of hydrogen-bond donors (Lipinski definition) is 2. The number of nitro benzene ring substituents is 1. The molecule has 3 rings (SSSR count). The van der Waals surface area contributed by atoms with Crippen LogP contribution in [0.5, 0.6) is 5.75 Å². The van der Waals surface area contributed by atoms with Gasteiger partial charge in [0.2, 0.25) is 4.77 Å². The fourth-order valence-corrected chi connectivity index (χ4v) is 2.28. The van der Waals surface area contributed by atoms with Crippen LogP contribution in [0.1, 0.15) is 5.56 Å². The largest absolute Gasteiger partial charge is 0.502 e. The highest BCUT2D eigenvalue weighted by atomic mass is 32.1. The molecular formula is C15H10FN5O3S. The second-order valence-corrected chi connectivity index (χ2v) is 5.31. The van der Waals surface area contributed by atoms with Gasteiger partial charge in [0.1, 0.15) is 5.82 Å². The van der Waals surface area contributed by atoms with Crippen molar-refractivity contribution in [2.45, 2.75) is 0 Å².